The van der Waals surface area contributed by atoms with E-state index >= 15 is 0 Å². The molecule has 0 aromatic carbocycles. The molecule has 3 N–H and O–H groups in total. The lowest BCUT2D eigenvalue weighted by Gasteiger charge is -2.23. The molecule has 0 spiro atoms. The van der Waals surface area contributed by atoms with Crippen molar-refractivity contribution in [3.63, 3.8) is 0 Å². The van der Waals surface area contributed by atoms with Crippen molar-refractivity contribution in [3.8, 4) is 0 Å². The average Bonchev–Trinajstić information content (AvgIpc) is 2.25. The Morgan fingerprint density at radius 3 is 2.93 bits per heavy atom. The molecule has 1 rings (SSSR count). The SMILES string of the molecule is CC(C)CN=C(N)NCC1COCCO1. The van der Waals surface area contributed by atoms with Crippen molar-refractivity contribution in [1.82, 2.24) is 5.32 Å². The van der Waals surface area contributed by atoms with Crippen molar-refractivity contribution in [2.75, 3.05) is 32.9 Å². The Morgan fingerprint density at radius 2 is 2.33 bits per heavy atom. The second-order valence-electron chi connectivity index (χ2n) is 4.07. The molecule has 0 aromatic heterocycles. The van der Waals surface area contributed by atoms with E-state index in [0.717, 1.165) is 6.54 Å². The molecule has 88 valence electrons. The third-order valence-electron chi connectivity index (χ3n) is 2.02. The average molecular weight is 215 g/mol. The van der Waals surface area contributed by atoms with Gasteiger partial charge in [0.25, 0.3) is 0 Å². The van der Waals surface area contributed by atoms with Gasteiger partial charge in [0, 0.05) is 13.1 Å². The first-order chi connectivity index (χ1) is 7.18. The minimum atomic E-state index is 0.0894. The maximum atomic E-state index is 5.68. The highest BCUT2D eigenvalue weighted by molar-refractivity contribution is 5.77. The van der Waals surface area contributed by atoms with Crippen LogP contribution in [0.4, 0.5) is 0 Å². The van der Waals surface area contributed by atoms with Crippen LogP contribution in [0, 0.1) is 5.92 Å². The number of hydrogen-bond donors (Lipinski definition) is 2. The molecule has 0 aliphatic carbocycles. The molecule has 1 aliphatic rings. The second kappa shape index (κ2) is 6.63. The standard InChI is InChI=1S/C10H21N3O2/c1-8(2)5-12-10(11)13-6-9-7-14-3-4-15-9/h8-9H,3-7H2,1-2H3,(H3,11,12,13). The van der Waals surface area contributed by atoms with E-state index in [1.165, 1.54) is 0 Å². The summed E-state index contributed by atoms with van der Waals surface area (Å²) in [6, 6.07) is 0. The van der Waals surface area contributed by atoms with Gasteiger partial charge < -0.3 is 20.5 Å². The van der Waals surface area contributed by atoms with Gasteiger partial charge in [-0.25, -0.2) is 0 Å². The van der Waals surface area contributed by atoms with Gasteiger partial charge in [0.2, 0.25) is 0 Å². The Bertz CT molecular complexity index is 201. The summed E-state index contributed by atoms with van der Waals surface area (Å²) in [6.07, 6.45) is 0.0894. The summed E-state index contributed by atoms with van der Waals surface area (Å²) in [5.41, 5.74) is 5.68. The molecule has 0 saturated carbocycles. The van der Waals surface area contributed by atoms with Crippen LogP contribution in [0.1, 0.15) is 13.8 Å². The number of nitrogens with zero attached hydrogens (tertiary/aromatic N) is 1. The van der Waals surface area contributed by atoms with Gasteiger partial charge in [-0.3, -0.25) is 4.99 Å². The first-order valence-electron chi connectivity index (χ1n) is 5.41. The molecule has 0 aromatic rings. The third-order valence-corrected chi connectivity index (χ3v) is 2.02. The van der Waals surface area contributed by atoms with Crippen LogP contribution in [0.2, 0.25) is 0 Å². The fraction of sp³-hybridized carbons (Fsp3) is 0.900. The Labute approximate surface area is 91.0 Å². The first kappa shape index (κ1) is 12.3. The molecule has 1 fully saturated rings. The van der Waals surface area contributed by atoms with Gasteiger partial charge in [-0.1, -0.05) is 13.8 Å². The Kier molecular flexibility index (Phi) is 5.42. The van der Waals surface area contributed by atoms with E-state index in [4.69, 9.17) is 15.2 Å². The van der Waals surface area contributed by atoms with Crippen molar-refractivity contribution in [1.29, 1.82) is 0 Å². The maximum Gasteiger partial charge on any atom is 0.188 e. The predicted molar refractivity (Wildman–Crippen MR) is 59.9 cm³/mol. The van der Waals surface area contributed by atoms with Crippen LogP contribution in [0.5, 0.6) is 0 Å². The fourth-order valence-electron chi connectivity index (χ4n) is 1.21. The monoisotopic (exact) mass is 215 g/mol. The fourth-order valence-corrected chi connectivity index (χ4v) is 1.21. The molecular weight excluding hydrogens is 194 g/mol. The van der Waals surface area contributed by atoms with E-state index < -0.39 is 0 Å². The highest BCUT2D eigenvalue weighted by Crippen LogP contribution is 1.98. The molecule has 5 heteroatoms. The first-order valence-corrected chi connectivity index (χ1v) is 5.41. The van der Waals surface area contributed by atoms with E-state index in [0.29, 0.717) is 38.2 Å². The summed E-state index contributed by atoms with van der Waals surface area (Å²) < 4.78 is 10.7. The summed E-state index contributed by atoms with van der Waals surface area (Å²) in [5, 5.41) is 3.03. The lowest BCUT2D eigenvalue weighted by molar-refractivity contribution is -0.0850. The quantitative estimate of drug-likeness (QED) is 0.510. The summed E-state index contributed by atoms with van der Waals surface area (Å²) in [5.74, 6) is 1.01. The lowest BCUT2D eigenvalue weighted by atomic mass is 10.2. The van der Waals surface area contributed by atoms with Crippen LogP contribution in [-0.2, 0) is 9.47 Å². The van der Waals surface area contributed by atoms with Crippen LogP contribution in [0.3, 0.4) is 0 Å². The van der Waals surface area contributed by atoms with Crippen LogP contribution in [-0.4, -0.2) is 45.0 Å². The van der Waals surface area contributed by atoms with Crippen molar-refractivity contribution >= 4 is 5.96 Å². The van der Waals surface area contributed by atoms with Crippen LogP contribution < -0.4 is 11.1 Å². The number of rotatable bonds is 4. The zero-order valence-corrected chi connectivity index (χ0v) is 9.53. The number of nitrogens with two attached hydrogens (primary N) is 1. The van der Waals surface area contributed by atoms with Crippen molar-refractivity contribution < 1.29 is 9.47 Å². The van der Waals surface area contributed by atoms with Gasteiger partial charge in [-0.2, -0.15) is 0 Å². The number of aliphatic imine (C=N–C) groups is 1. The van der Waals surface area contributed by atoms with Gasteiger partial charge in [-0.15, -0.1) is 0 Å². The summed E-state index contributed by atoms with van der Waals surface area (Å²) in [7, 11) is 0. The molecule has 1 unspecified atom stereocenters. The van der Waals surface area contributed by atoms with E-state index in [9.17, 15) is 0 Å². The second-order valence-corrected chi connectivity index (χ2v) is 4.07. The largest absolute Gasteiger partial charge is 0.376 e. The lowest BCUT2D eigenvalue weighted by Crippen LogP contribution is -2.42. The molecular formula is C10H21N3O2. The molecule has 0 bridgehead atoms. The topological polar surface area (TPSA) is 68.9 Å². The van der Waals surface area contributed by atoms with Crippen molar-refractivity contribution in [2.45, 2.75) is 20.0 Å². The number of guanidine groups is 1. The molecule has 0 amide bonds. The van der Waals surface area contributed by atoms with Crippen LogP contribution in [0.25, 0.3) is 0 Å². The van der Waals surface area contributed by atoms with Gasteiger partial charge in [0.15, 0.2) is 5.96 Å². The highest BCUT2D eigenvalue weighted by atomic mass is 16.6. The van der Waals surface area contributed by atoms with Gasteiger partial charge in [0.05, 0.1) is 25.9 Å². The van der Waals surface area contributed by atoms with Crippen molar-refractivity contribution in [2.24, 2.45) is 16.6 Å². The Hall–Kier alpha value is -0.810. The minimum Gasteiger partial charge on any atom is -0.376 e. The predicted octanol–water partition coefficient (Wildman–Crippen LogP) is -0.0379. The number of hydrogen-bond acceptors (Lipinski definition) is 3. The Balaban J connectivity index is 2.14. The third kappa shape index (κ3) is 5.59. The molecule has 0 radical (unpaired) electrons. The van der Waals surface area contributed by atoms with Crippen LogP contribution >= 0.6 is 0 Å². The summed E-state index contributed by atoms with van der Waals surface area (Å²) in [6.45, 7) is 7.60. The molecule has 5 nitrogen and oxygen atoms in total. The van der Waals surface area contributed by atoms with Gasteiger partial charge >= 0.3 is 0 Å². The normalized spacial score (nSPS) is 23.1. The van der Waals surface area contributed by atoms with Crippen molar-refractivity contribution in [3.05, 3.63) is 0 Å². The zero-order chi connectivity index (χ0) is 11.1. The molecule has 1 saturated heterocycles. The maximum absolute atomic E-state index is 5.68. The van der Waals surface area contributed by atoms with E-state index in [-0.39, 0.29) is 6.10 Å². The van der Waals surface area contributed by atoms with E-state index in [1.54, 1.807) is 0 Å². The van der Waals surface area contributed by atoms with Gasteiger partial charge in [-0.05, 0) is 5.92 Å². The van der Waals surface area contributed by atoms with E-state index in [1.807, 2.05) is 0 Å². The molecule has 15 heavy (non-hydrogen) atoms. The zero-order valence-electron chi connectivity index (χ0n) is 9.53. The van der Waals surface area contributed by atoms with E-state index in [2.05, 4.69) is 24.2 Å². The van der Waals surface area contributed by atoms with Gasteiger partial charge in [0.1, 0.15) is 0 Å². The number of nitrogens with one attached hydrogen (secondary N) is 1. The minimum absolute atomic E-state index is 0.0894. The van der Waals surface area contributed by atoms with Crippen LogP contribution in [0.15, 0.2) is 4.99 Å². The summed E-state index contributed by atoms with van der Waals surface area (Å²) in [4.78, 5) is 4.20. The summed E-state index contributed by atoms with van der Waals surface area (Å²) >= 11 is 0. The molecule has 1 heterocycles. The molecule has 1 atom stereocenters. The Morgan fingerprint density at radius 1 is 1.53 bits per heavy atom. The smallest absolute Gasteiger partial charge is 0.188 e. The molecule has 1 aliphatic heterocycles. The highest BCUT2D eigenvalue weighted by Gasteiger charge is 2.13. The number of ether oxygens (including phenoxy) is 2.